The molecule has 0 spiro atoms. The lowest BCUT2D eigenvalue weighted by Crippen LogP contribution is -2.28. The lowest BCUT2D eigenvalue weighted by molar-refractivity contribution is 0.0951. The van der Waals surface area contributed by atoms with Gasteiger partial charge in [-0.1, -0.05) is 5.21 Å². The molecule has 0 saturated carbocycles. The second-order valence-electron chi connectivity index (χ2n) is 4.20. The van der Waals surface area contributed by atoms with E-state index in [9.17, 15) is 4.79 Å². The van der Waals surface area contributed by atoms with Crippen LogP contribution in [0.2, 0.25) is 0 Å². The first-order valence-corrected chi connectivity index (χ1v) is 6.11. The molecule has 0 radical (unpaired) electrons. The van der Waals surface area contributed by atoms with Gasteiger partial charge in [-0.15, -0.1) is 5.10 Å². The predicted octanol–water partition coefficient (Wildman–Crippen LogP) is 1.06. The van der Waals surface area contributed by atoms with E-state index >= 15 is 0 Å². The Hall–Kier alpha value is -2.37. The van der Waals surface area contributed by atoms with Gasteiger partial charge < -0.3 is 10.6 Å². The van der Waals surface area contributed by atoms with Gasteiger partial charge in [0.2, 0.25) is 0 Å². The lowest BCUT2D eigenvalue weighted by Gasteiger charge is -2.09. The third-order valence-electron chi connectivity index (χ3n) is 2.86. The van der Waals surface area contributed by atoms with Gasteiger partial charge in [-0.2, -0.15) is 0 Å². The highest BCUT2D eigenvalue weighted by atomic mass is 16.1. The molecule has 2 rings (SSSR count). The van der Waals surface area contributed by atoms with E-state index in [1.807, 2.05) is 32.2 Å². The first kappa shape index (κ1) is 13.1. The van der Waals surface area contributed by atoms with E-state index in [1.54, 1.807) is 17.1 Å². The Labute approximate surface area is 111 Å². The molecule has 0 bridgehead atoms. The molecule has 1 aromatic heterocycles. The Bertz CT molecular complexity index is 550. The maximum atomic E-state index is 12.0. The van der Waals surface area contributed by atoms with Gasteiger partial charge in [0.05, 0.1) is 12.7 Å². The number of anilines is 1. The van der Waals surface area contributed by atoms with Crippen LogP contribution in [0.25, 0.3) is 0 Å². The zero-order valence-corrected chi connectivity index (χ0v) is 11.1. The van der Waals surface area contributed by atoms with E-state index in [-0.39, 0.29) is 5.91 Å². The largest absolute Gasteiger partial charge is 0.388 e. The van der Waals surface area contributed by atoms with Crippen molar-refractivity contribution in [3.63, 3.8) is 0 Å². The van der Waals surface area contributed by atoms with E-state index < -0.39 is 0 Å². The molecule has 6 heteroatoms. The highest BCUT2D eigenvalue weighted by Crippen LogP contribution is 2.14. The van der Waals surface area contributed by atoms with Gasteiger partial charge in [0, 0.05) is 31.0 Å². The van der Waals surface area contributed by atoms with Crippen molar-refractivity contribution in [2.45, 2.75) is 13.5 Å². The molecule has 19 heavy (non-hydrogen) atoms. The van der Waals surface area contributed by atoms with Gasteiger partial charge >= 0.3 is 0 Å². The molecule has 0 atom stereocenters. The van der Waals surface area contributed by atoms with Crippen LogP contribution in [-0.2, 0) is 6.54 Å². The number of nitrogens with one attached hydrogen (secondary N) is 2. The normalized spacial score (nSPS) is 10.2. The van der Waals surface area contributed by atoms with E-state index in [1.165, 1.54) is 0 Å². The van der Waals surface area contributed by atoms with Crippen LogP contribution in [0.4, 0.5) is 5.69 Å². The molecule has 100 valence electrons. The number of hydrogen-bond donors (Lipinski definition) is 2. The summed E-state index contributed by atoms with van der Waals surface area (Å²) in [6.07, 6.45) is 3.38. The summed E-state index contributed by atoms with van der Waals surface area (Å²) in [6.45, 7) is 3.06. The molecular formula is C13H17N5O. The second-order valence-corrected chi connectivity index (χ2v) is 4.20. The number of carbonyl (C=O) groups excluding carboxylic acids is 1. The molecule has 1 amide bonds. The minimum absolute atomic E-state index is 0.0692. The van der Waals surface area contributed by atoms with Crippen molar-refractivity contribution in [1.82, 2.24) is 20.3 Å². The number of aromatic nitrogens is 3. The minimum Gasteiger partial charge on any atom is -0.388 e. The molecule has 0 saturated heterocycles. The summed E-state index contributed by atoms with van der Waals surface area (Å²) in [5.74, 6) is -0.0692. The molecule has 0 aliphatic carbocycles. The van der Waals surface area contributed by atoms with E-state index in [0.29, 0.717) is 18.7 Å². The Morgan fingerprint density at radius 3 is 2.89 bits per heavy atom. The van der Waals surface area contributed by atoms with Gasteiger partial charge in [0.25, 0.3) is 5.91 Å². The molecule has 6 nitrogen and oxygen atoms in total. The summed E-state index contributed by atoms with van der Waals surface area (Å²) < 4.78 is 1.68. The number of amides is 1. The summed E-state index contributed by atoms with van der Waals surface area (Å²) in [5.41, 5.74) is 2.64. The summed E-state index contributed by atoms with van der Waals surface area (Å²) in [7, 11) is 1.85. The van der Waals surface area contributed by atoms with Crippen molar-refractivity contribution in [3.05, 3.63) is 41.7 Å². The molecule has 0 unspecified atom stereocenters. The standard InChI is InChI=1S/C13H17N5O/c1-10-9-11(14-2)3-4-12(10)13(19)15-5-7-18-8-6-16-17-18/h3-4,6,8-9,14H,5,7H2,1-2H3,(H,15,19). The third kappa shape index (κ3) is 3.31. The molecule has 1 heterocycles. The highest BCUT2D eigenvalue weighted by molar-refractivity contribution is 5.96. The van der Waals surface area contributed by atoms with Crippen LogP contribution >= 0.6 is 0 Å². The highest BCUT2D eigenvalue weighted by Gasteiger charge is 2.08. The number of rotatable bonds is 5. The first-order chi connectivity index (χ1) is 9.20. The van der Waals surface area contributed by atoms with Crippen LogP contribution in [0.5, 0.6) is 0 Å². The topological polar surface area (TPSA) is 71.8 Å². The molecule has 0 aliphatic rings. The summed E-state index contributed by atoms with van der Waals surface area (Å²) in [5, 5.41) is 13.5. The molecule has 2 N–H and O–H groups in total. The Morgan fingerprint density at radius 1 is 1.42 bits per heavy atom. The maximum Gasteiger partial charge on any atom is 0.251 e. The van der Waals surface area contributed by atoms with Crippen LogP contribution in [0.3, 0.4) is 0 Å². The molecular weight excluding hydrogens is 242 g/mol. The number of hydrogen-bond acceptors (Lipinski definition) is 4. The monoisotopic (exact) mass is 259 g/mol. The van der Waals surface area contributed by atoms with Crippen molar-refractivity contribution in [3.8, 4) is 0 Å². The van der Waals surface area contributed by atoms with E-state index in [0.717, 1.165) is 11.3 Å². The average molecular weight is 259 g/mol. The summed E-state index contributed by atoms with van der Waals surface area (Å²) in [4.78, 5) is 12.0. The summed E-state index contributed by atoms with van der Waals surface area (Å²) >= 11 is 0. The van der Waals surface area contributed by atoms with Crippen LogP contribution in [-0.4, -0.2) is 34.5 Å². The third-order valence-corrected chi connectivity index (χ3v) is 2.86. The van der Waals surface area contributed by atoms with Crippen molar-refractivity contribution in [2.24, 2.45) is 0 Å². The first-order valence-electron chi connectivity index (χ1n) is 6.11. The number of benzene rings is 1. The van der Waals surface area contributed by atoms with E-state index in [2.05, 4.69) is 20.9 Å². The maximum absolute atomic E-state index is 12.0. The van der Waals surface area contributed by atoms with Crippen molar-refractivity contribution in [1.29, 1.82) is 0 Å². The predicted molar refractivity (Wildman–Crippen MR) is 73.1 cm³/mol. The number of nitrogens with zero attached hydrogens (tertiary/aromatic N) is 3. The van der Waals surface area contributed by atoms with Crippen molar-refractivity contribution >= 4 is 11.6 Å². The fourth-order valence-electron chi connectivity index (χ4n) is 1.81. The Kier molecular flexibility index (Phi) is 4.12. The Balaban J connectivity index is 1.92. The number of aryl methyl sites for hydroxylation is 1. The van der Waals surface area contributed by atoms with Gasteiger partial charge in [-0.25, -0.2) is 0 Å². The van der Waals surface area contributed by atoms with Crippen molar-refractivity contribution in [2.75, 3.05) is 18.9 Å². The fourth-order valence-corrected chi connectivity index (χ4v) is 1.81. The van der Waals surface area contributed by atoms with Gasteiger partial charge in [0.1, 0.15) is 0 Å². The van der Waals surface area contributed by atoms with Crippen LogP contribution in [0.1, 0.15) is 15.9 Å². The smallest absolute Gasteiger partial charge is 0.251 e. The van der Waals surface area contributed by atoms with Crippen LogP contribution < -0.4 is 10.6 Å². The van der Waals surface area contributed by atoms with Crippen LogP contribution in [0, 0.1) is 6.92 Å². The lowest BCUT2D eigenvalue weighted by atomic mass is 10.1. The zero-order chi connectivity index (χ0) is 13.7. The SMILES string of the molecule is CNc1ccc(C(=O)NCCn2ccnn2)c(C)c1. The van der Waals surface area contributed by atoms with Gasteiger partial charge in [-0.3, -0.25) is 9.48 Å². The molecule has 0 fully saturated rings. The number of carbonyl (C=O) groups is 1. The summed E-state index contributed by atoms with van der Waals surface area (Å²) in [6, 6.07) is 5.66. The molecule has 1 aromatic carbocycles. The van der Waals surface area contributed by atoms with Crippen molar-refractivity contribution < 1.29 is 4.79 Å². The minimum atomic E-state index is -0.0692. The quantitative estimate of drug-likeness (QED) is 0.842. The van der Waals surface area contributed by atoms with Gasteiger partial charge in [-0.05, 0) is 30.7 Å². The van der Waals surface area contributed by atoms with E-state index in [4.69, 9.17) is 0 Å². The average Bonchev–Trinajstić information content (AvgIpc) is 2.91. The zero-order valence-electron chi connectivity index (χ0n) is 11.1. The Morgan fingerprint density at radius 2 is 2.26 bits per heavy atom. The molecule has 2 aromatic rings. The van der Waals surface area contributed by atoms with Gasteiger partial charge in [0.15, 0.2) is 0 Å². The fraction of sp³-hybridized carbons (Fsp3) is 0.308. The second kappa shape index (κ2) is 5.99. The van der Waals surface area contributed by atoms with Crippen LogP contribution in [0.15, 0.2) is 30.6 Å². The molecule has 0 aliphatic heterocycles.